The van der Waals surface area contributed by atoms with Crippen LogP contribution in [0.2, 0.25) is 0 Å². The van der Waals surface area contributed by atoms with Crippen molar-refractivity contribution >= 4 is 12.2 Å². The van der Waals surface area contributed by atoms with Gasteiger partial charge in [-0.2, -0.15) is 4.73 Å². The summed E-state index contributed by atoms with van der Waals surface area (Å²) in [5.74, 6) is -0.0880. The third-order valence-electron chi connectivity index (χ3n) is 0.909. The summed E-state index contributed by atoms with van der Waals surface area (Å²) in [7, 11) is 0. The molecule has 0 saturated carbocycles. The number of nitrogens with zero attached hydrogens (tertiary/aromatic N) is 1. The highest BCUT2D eigenvalue weighted by atomic mass is 32.1. The number of pyridine rings is 1. The van der Waals surface area contributed by atoms with Crippen molar-refractivity contribution in [2.24, 2.45) is 0 Å². The maximum absolute atomic E-state index is 8.82. The summed E-state index contributed by atoms with van der Waals surface area (Å²) in [5, 5.41) is 17.6. The predicted molar refractivity (Wildman–Crippen MR) is 34.1 cm³/mol. The van der Waals surface area contributed by atoms with E-state index < -0.39 is 0 Å². The van der Waals surface area contributed by atoms with Gasteiger partial charge in [-0.15, -0.1) is 0 Å². The van der Waals surface area contributed by atoms with Crippen molar-refractivity contribution in [3.05, 3.63) is 23.0 Å². The third-order valence-corrected chi connectivity index (χ3v) is 1.30. The maximum atomic E-state index is 8.82. The molecule has 2 N–H and O–H groups in total. The first kappa shape index (κ1) is 6.10. The second kappa shape index (κ2) is 2.06. The van der Waals surface area contributed by atoms with E-state index in [4.69, 9.17) is 10.3 Å². The molecule has 0 aliphatic rings. The maximum Gasteiger partial charge on any atom is 0.183 e. The fourth-order valence-electron chi connectivity index (χ4n) is 0.472. The van der Waals surface area contributed by atoms with Crippen LogP contribution in [-0.4, -0.2) is 15.0 Å². The van der Waals surface area contributed by atoms with Crippen molar-refractivity contribution in [1.82, 2.24) is 4.73 Å². The van der Waals surface area contributed by atoms with Crippen LogP contribution < -0.4 is 0 Å². The van der Waals surface area contributed by atoms with Crippen LogP contribution in [0.25, 0.3) is 0 Å². The van der Waals surface area contributed by atoms with Gasteiger partial charge in [0.2, 0.25) is 0 Å². The Morgan fingerprint density at radius 1 is 1.56 bits per heavy atom. The molecule has 0 atom stereocenters. The number of hydrogen-bond donors (Lipinski definition) is 2. The molecule has 1 rings (SSSR count). The van der Waals surface area contributed by atoms with E-state index in [1.807, 2.05) is 0 Å². The summed E-state index contributed by atoms with van der Waals surface area (Å²) in [6.45, 7) is 0. The lowest BCUT2D eigenvalue weighted by Gasteiger charge is -1.95. The van der Waals surface area contributed by atoms with Gasteiger partial charge in [0.05, 0.1) is 0 Å². The van der Waals surface area contributed by atoms with Crippen molar-refractivity contribution in [1.29, 1.82) is 0 Å². The minimum atomic E-state index is -0.0880. The van der Waals surface area contributed by atoms with Crippen LogP contribution in [-0.2, 0) is 0 Å². The molecule has 4 heteroatoms. The van der Waals surface area contributed by atoms with Gasteiger partial charge in [-0.3, -0.25) is 0 Å². The monoisotopic (exact) mass is 143 g/mol. The normalized spacial score (nSPS) is 9.33. The minimum Gasteiger partial charge on any atom is -0.505 e. The second-order valence-corrected chi connectivity index (χ2v) is 1.93. The number of aromatic nitrogens is 1. The molecule has 0 radical (unpaired) electrons. The molecular formula is C5H5NO2S. The van der Waals surface area contributed by atoms with E-state index in [0.29, 0.717) is 4.73 Å². The molecule has 0 fully saturated rings. The lowest BCUT2D eigenvalue weighted by atomic mass is 10.5. The molecule has 9 heavy (non-hydrogen) atoms. The van der Waals surface area contributed by atoms with Crippen LogP contribution in [0.5, 0.6) is 5.75 Å². The topological polar surface area (TPSA) is 45.4 Å². The van der Waals surface area contributed by atoms with Crippen LogP contribution in [0.1, 0.15) is 0 Å². The van der Waals surface area contributed by atoms with E-state index >= 15 is 0 Å². The molecule has 3 nitrogen and oxygen atoms in total. The van der Waals surface area contributed by atoms with Crippen LogP contribution in [0, 0.1) is 4.64 Å². The molecule has 0 aliphatic heterocycles. The van der Waals surface area contributed by atoms with Gasteiger partial charge in [-0.1, -0.05) is 12.2 Å². The molecule has 0 saturated heterocycles. The SMILES string of the molecule is Oc1cccn(O)c1=S. The second-order valence-electron chi connectivity index (χ2n) is 1.54. The Hall–Kier alpha value is -1.03. The molecule has 0 bridgehead atoms. The average Bonchev–Trinajstić information content (AvgIpc) is 1.83. The molecule has 0 aliphatic carbocycles. The third kappa shape index (κ3) is 1.02. The minimum absolute atomic E-state index is 0.0255. The molecule has 0 amide bonds. The predicted octanol–water partition coefficient (Wildman–Crippen LogP) is 1.16. The van der Waals surface area contributed by atoms with Gasteiger partial charge in [-0.25, -0.2) is 0 Å². The summed E-state index contributed by atoms with van der Waals surface area (Å²) < 4.78 is 0.711. The lowest BCUT2D eigenvalue weighted by molar-refractivity contribution is 0.177. The highest BCUT2D eigenvalue weighted by Gasteiger charge is 1.90. The van der Waals surface area contributed by atoms with Crippen molar-refractivity contribution in [3.63, 3.8) is 0 Å². The Labute approximate surface area is 56.8 Å². The first-order valence-corrected chi connectivity index (χ1v) is 2.72. The molecule has 1 aromatic heterocycles. The first-order valence-electron chi connectivity index (χ1n) is 2.31. The van der Waals surface area contributed by atoms with Crippen LogP contribution >= 0.6 is 12.2 Å². The van der Waals surface area contributed by atoms with E-state index in [1.54, 1.807) is 0 Å². The zero-order valence-electron chi connectivity index (χ0n) is 4.48. The van der Waals surface area contributed by atoms with Crippen molar-refractivity contribution in [3.8, 4) is 5.75 Å². The summed E-state index contributed by atoms with van der Waals surface area (Å²) in [6.07, 6.45) is 1.35. The summed E-state index contributed by atoms with van der Waals surface area (Å²) in [5.41, 5.74) is 0. The van der Waals surface area contributed by atoms with Gasteiger partial charge >= 0.3 is 0 Å². The van der Waals surface area contributed by atoms with Crippen molar-refractivity contribution in [2.45, 2.75) is 0 Å². The summed E-state index contributed by atoms with van der Waals surface area (Å²) in [6, 6.07) is 2.90. The summed E-state index contributed by atoms with van der Waals surface area (Å²) in [4.78, 5) is 0. The highest BCUT2D eigenvalue weighted by Crippen LogP contribution is 2.07. The molecule has 1 aromatic rings. The number of hydrogen-bond acceptors (Lipinski definition) is 3. The quantitative estimate of drug-likeness (QED) is 0.423. The molecule has 0 spiro atoms. The Morgan fingerprint density at radius 3 is 2.67 bits per heavy atom. The van der Waals surface area contributed by atoms with Crippen LogP contribution in [0.4, 0.5) is 0 Å². The van der Waals surface area contributed by atoms with Crippen molar-refractivity contribution in [2.75, 3.05) is 0 Å². The van der Waals surface area contributed by atoms with E-state index in [2.05, 4.69) is 12.2 Å². The molecule has 48 valence electrons. The van der Waals surface area contributed by atoms with Crippen molar-refractivity contribution < 1.29 is 10.3 Å². The van der Waals surface area contributed by atoms with E-state index in [-0.39, 0.29) is 10.4 Å². The van der Waals surface area contributed by atoms with Gasteiger partial charge in [0.15, 0.2) is 10.4 Å². The molecule has 0 aromatic carbocycles. The largest absolute Gasteiger partial charge is 0.505 e. The van der Waals surface area contributed by atoms with E-state index in [0.717, 1.165) is 0 Å². The Kier molecular flexibility index (Phi) is 1.40. The molecule has 1 heterocycles. The average molecular weight is 143 g/mol. The molecular weight excluding hydrogens is 138 g/mol. The fraction of sp³-hybridized carbons (Fsp3) is 0. The van der Waals surface area contributed by atoms with Crippen LogP contribution in [0.15, 0.2) is 18.3 Å². The van der Waals surface area contributed by atoms with Gasteiger partial charge in [0.1, 0.15) is 0 Å². The standard InChI is InChI=1S/C5H5NO2S/c7-4-2-1-3-6(8)5(4)9/h1-3,7-8H. The zero-order valence-corrected chi connectivity index (χ0v) is 5.30. The first-order chi connectivity index (χ1) is 4.22. The molecule has 0 unspecified atom stereocenters. The van der Waals surface area contributed by atoms with Gasteiger partial charge in [0, 0.05) is 6.20 Å². The van der Waals surface area contributed by atoms with E-state index in [9.17, 15) is 0 Å². The Balaban J connectivity index is 3.43. The van der Waals surface area contributed by atoms with Gasteiger partial charge in [0.25, 0.3) is 0 Å². The number of rotatable bonds is 0. The Bertz CT molecular complexity index is 245. The fourth-order valence-corrected chi connectivity index (χ4v) is 0.601. The zero-order chi connectivity index (χ0) is 6.85. The Morgan fingerprint density at radius 2 is 2.22 bits per heavy atom. The van der Waals surface area contributed by atoms with E-state index in [1.165, 1.54) is 18.3 Å². The highest BCUT2D eigenvalue weighted by molar-refractivity contribution is 7.71. The lowest BCUT2D eigenvalue weighted by Crippen LogP contribution is -1.90. The smallest absolute Gasteiger partial charge is 0.183 e. The van der Waals surface area contributed by atoms with Gasteiger partial charge in [-0.05, 0) is 12.1 Å². The summed E-state index contributed by atoms with van der Waals surface area (Å²) >= 11 is 4.56. The number of aromatic hydroxyl groups is 1. The van der Waals surface area contributed by atoms with Gasteiger partial charge < -0.3 is 10.3 Å². The van der Waals surface area contributed by atoms with Crippen LogP contribution in [0.3, 0.4) is 0 Å².